The van der Waals surface area contributed by atoms with E-state index in [1.807, 2.05) is 38.1 Å². The predicted molar refractivity (Wildman–Crippen MR) is 103 cm³/mol. The zero-order valence-corrected chi connectivity index (χ0v) is 15.0. The Kier molecular flexibility index (Phi) is 4.88. The minimum Gasteiger partial charge on any atom is -0.507 e. The van der Waals surface area contributed by atoms with Crippen LogP contribution in [0.4, 0.5) is 0 Å². The van der Waals surface area contributed by atoms with E-state index >= 15 is 0 Å². The summed E-state index contributed by atoms with van der Waals surface area (Å²) in [5.74, 6) is 0.557. The van der Waals surface area contributed by atoms with Gasteiger partial charge in [0.15, 0.2) is 0 Å². The first kappa shape index (κ1) is 17.9. The lowest BCUT2D eigenvalue weighted by molar-refractivity contribution is 0.466. The highest BCUT2D eigenvalue weighted by molar-refractivity contribution is 5.63. The van der Waals surface area contributed by atoms with E-state index in [0.717, 1.165) is 39.8 Å². The molecule has 2 N–H and O–H groups in total. The Morgan fingerprint density at radius 1 is 0.875 bits per heavy atom. The minimum atomic E-state index is -0.244. The van der Waals surface area contributed by atoms with E-state index < -0.39 is 0 Å². The van der Waals surface area contributed by atoms with Gasteiger partial charge in [-0.25, -0.2) is 0 Å². The van der Waals surface area contributed by atoms with Crippen LogP contribution in [0.3, 0.4) is 0 Å². The highest BCUT2D eigenvalue weighted by Gasteiger charge is 2.29. The average Bonchev–Trinajstić information content (AvgIpc) is 2.58. The third kappa shape index (κ3) is 2.84. The second-order valence-corrected chi connectivity index (χ2v) is 6.56. The first-order valence-corrected chi connectivity index (χ1v) is 8.21. The monoisotopic (exact) mass is 322 g/mol. The van der Waals surface area contributed by atoms with Gasteiger partial charge in [0, 0.05) is 16.5 Å². The van der Waals surface area contributed by atoms with Gasteiger partial charge in [0.2, 0.25) is 0 Å². The van der Waals surface area contributed by atoms with Gasteiger partial charge < -0.3 is 10.2 Å². The molecule has 0 aliphatic rings. The molecule has 0 saturated heterocycles. The number of rotatable bonds is 5. The molecule has 0 aliphatic carbocycles. The number of hydrogen-bond acceptors (Lipinski definition) is 2. The maximum absolute atomic E-state index is 10.2. The number of hydrogen-bond donors (Lipinski definition) is 2. The molecule has 0 radical (unpaired) electrons. The van der Waals surface area contributed by atoms with E-state index in [0.29, 0.717) is 0 Å². The van der Waals surface area contributed by atoms with Crippen molar-refractivity contribution in [1.29, 1.82) is 0 Å². The molecule has 0 amide bonds. The number of aryl methyl sites for hydroxylation is 2. The summed E-state index contributed by atoms with van der Waals surface area (Å²) in [4.78, 5) is 0. The van der Waals surface area contributed by atoms with E-state index in [9.17, 15) is 10.2 Å². The first-order valence-electron chi connectivity index (χ1n) is 8.21. The maximum atomic E-state index is 10.2. The van der Waals surface area contributed by atoms with Crippen molar-refractivity contribution in [2.45, 2.75) is 39.5 Å². The zero-order valence-electron chi connectivity index (χ0n) is 15.0. The van der Waals surface area contributed by atoms with Crippen LogP contribution in [-0.4, -0.2) is 10.2 Å². The van der Waals surface area contributed by atoms with Gasteiger partial charge in [-0.05, 0) is 54.7 Å². The summed E-state index contributed by atoms with van der Waals surface area (Å²) < 4.78 is 0. The first-order chi connectivity index (χ1) is 11.3. The van der Waals surface area contributed by atoms with Gasteiger partial charge >= 0.3 is 0 Å². The van der Waals surface area contributed by atoms with Crippen molar-refractivity contribution in [2.24, 2.45) is 0 Å². The molecule has 0 saturated carbocycles. The Morgan fingerprint density at radius 2 is 1.25 bits per heavy atom. The second kappa shape index (κ2) is 6.56. The summed E-state index contributed by atoms with van der Waals surface area (Å²) in [6, 6.07) is 8.05. The van der Waals surface area contributed by atoms with Crippen molar-refractivity contribution < 1.29 is 10.2 Å². The normalized spacial score (nSPS) is 11.3. The Bertz CT molecular complexity index is 737. The quantitative estimate of drug-likeness (QED) is 0.739. The maximum Gasteiger partial charge on any atom is 0.125 e. The van der Waals surface area contributed by atoms with Gasteiger partial charge in [-0.3, -0.25) is 0 Å². The Labute approximate surface area is 144 Å². The van der Waals surface area contributed by atoms with E-state index in [1.54, 1.807) is 12.2 Å². The molecule has 0 aliphatic heterocycles. The number of aromatic hydroxyl groups is 2. The fraction of sp³-hybridized carbons (Fsp3) is 0.273. The molecule has 126 valence electrons. The summed E-state index contributed by atoms with van der Waals surface area (Å²) in [7, 11) is 0. The van der Waals surface area contributed by atoms with Crippen LogP contribution in [0.5, 0.6) is 11.5 Å². The van der Waals surface area contributed by atoms with Crippen molar-refractivity contribution in [2.75, 3.05) is 0 Å². The van der Waals surface area contributed by atoms with Gasteiger partial charge in [0.1, 0.15) is 11.5 Å². The van der Waals surface area contributed by atoms with Crippen molar-refractivity contribution >= 4 is 12.2 Å². The van der Waals surface area contributed by atoms with E-state index in [2.05, 4.69) is 27.0 Å². The Hall–Kier alpha value is -2.48. The molecule has 2 aromatic rings. The predicted octanol–water partition coefficient (Wildman–Crippen LogP) is 5.72. The van der Waals surface area contributed by atoms with Crippen LogP contribution < -0.4 is 0 Å². The van der Waals surface area contributed by atoms with Crippen molar-refractivity contribution in [3.63, 3.8) is 0 Å². The summed E-state index contributed by atoms with van der Waals surface area (Å²) in [6.45, 7) is 15.7. The largest absolute Gasteiger partial charge is 0.507 e. The van der Waals surface area contributed by atoms with Crippen LogP contribution >= 0.6 is 0 Å². The molecule has 2 nitrogen and oxygen atoms in total. The molecular weight excluding hydrogens is 296 g/mol. The lowest BCUT2D eigenvalue weighted by Crippen LogP contribution is -2.23. The van der Waals surface area contributed by atoms with Crippen LogP contribution in [0.15, 0.2) is 37.4 Å². The van der Waals surface area contributed by atoms with Gasteiger partial charge in [-0.2, -0.15) is 0 Å². The Morgan fingerprint density at radius 3 is 1.54 bits per heavy atom. The lowest BCUT2D eigenvalue weighted by atomic mass is 9.72. The van der Waals surface area contributed by atoms with Crippen molar-refractivity contribution in [3.8, 4) is 11.5 Å². The molecule has 0 atom stereocenters. The third-order valence-corrected chi connectivity index (χ3v) is 5.08. The number of phenols is 2. The zero-order chi connectivity index (χ0) is 18.1. The van der Waals surface area contributed by atoms with Crippen LogP contribution in [-0.2, 0) is 5.41 Å². The number of phenolic OH excluding ortho intramolecular Hbond substituents is 2. The second-order valence-electron chi connectivity index (χ2n) is 6.56. The molecule has 2 aromatic carbocycles. The van der Waals surface area contributed by atoms with Crippen LogP contribution in [0, 0.1) is 13.8 Å². The van der Waals surface area contributed by atoms with Crippen LogP contribution in [0.25, 0.3) is 12.2 Å². The van der Waals surface area contributed by atoms with E-state index in [4.69, 9.17) is 0 Å². The van der Waals surface area contributed by atoms with Gasteiger partial charge in [0.05, 0.1) is 0 Å². The molecule has 2 rings (SSSR count). The van der Waals surface area contributed by atoms with Crippen molar-refractivity contribution in [1.82, 2.24) is 0 Å². The van der Waals surface area contributed by atoms with Crippen molar-refractivity contribution in [3.05, 3.63) is 70.8 Å². The fourth-order valence-corrected chi connectivity index (χ4v) is 3.14. The smallest absolute Gasteiger partial charge is 0.125 e. The summed E-state index contributed by atoms with van der Waals surface area (Å²) in [5.41, 5.74) is 5.15. The van der Waals surface area contributed by atoms with Gasteiger partial charge in [-0.15, -0.1) is 0 Å². The van der Waals surface area contributed by atoms with Gasteiger partial charge in [-0.1, -0.05) is 51.3 Å². The van der Waals surface area contributed by atoms with E-state index in [1.165, 1.54) is 0 Å². The highest BCUT2D eigenvalue weighted by atomic mass is 16.3. The minimum absolute atomic E-state index is 0.244. The summed E-state index contributed by atoms with van der Waals surface area (Å²) >= 11 is 0. The highest BCUT2D eigenvalue weighted by Crippen LogP contribution is 2.41. The SMILES string of the molecule is C=Cc1cc(C(C)(CC)c2cc(C)c(O)c(C=C)c2)cc(C)c1O. The Balaban J connectivity index is 2.74. The summed E-state index contributed by atoms with van der Waals surface area (Å²) in [5, 5.41) is 20.4. The fourth-order valence-electron chi connectivity index (χ4n) is 3.14. The standard InChI is InChI=1S/C22H26O2/c1-7-16-12-18(10-14(4)20(16)23)22(6,9-3)19-11-15(5)21(24)17(8-2)13-19/h7-8,10-13,23-24H,1-2,9H2,3-6H3. The van der Waals surface area contributed by atoms with Crippen LogP contribution in [0.1, 0.15) is 53.6 Å². The van der Waals surface area contributed by atoms with Crippen LogP contribution in [0.2, 0.25) is 0 Å². The number of benzene rings is 2. The van der Waals surface area contributed by atoms with Gasteiger partial charge in [0.25, 0.3) is 0 Å². The molecule has 2 heteroatoms. The lowest BCUT2D eigenvalue weighted by Gasteiger charge is -2.31. The molecule has 0 spiro atoms. The summed E-state index contributed by atoms with van der Waals surface area (Å²) in [6.07, 6.45) is 4.24. The third-order valence-electron chi connectivity index (χ3n) is 5.08. The molecule has 0 bridgehead atoms. The topological polar surface area (TPSA) is 40.5 Å². The molecule has 0 heterocycles. The molecule has 0 unspecified atom stereocenters. The average molecular weight is 322 g/mol. The molecule has 0 aromatic heterocycles. The molecule has 24 heavy (non-hydrogen) atoms. The molecule has 0 fully saturated rings. The van der Waals surface area contributed by atoms with E-state index in [-0.39, 0.29) is 16.9 Å². The molecular formula is C22H26O2.